The average molecular weight is 476 g/mol. The number of aryl methyl sites for hydroxylation is 1. The van der Waals surface area contributed by atoms with Crippen molar-refractivity contribution in [1.82, 2.24) is 20.3 Å². The van der Waals surface area contributed by atoms with E-state index in [9.17, 15) is 4.79 Å². The lowest BCUT2D eigenvalue weighted by Gasteiger charge is -2.13. The van der Waals surface area contributed by atoms with Crippen LogP contribution in [-0.4, -0.2) is 27.4 Å². The Bertz CT molecular complexity index is 1400. The van der Waals surface area contributed by atoms with Crippen LogP contribution in [0.25, 0.3) is 22.0 Å². The average Bonchev–Trinajstić information content (AvgIpc) is 3.34. The largest absolute Gasteiger partial charge is 0.370 e. The highest BCUT2D eigenvalue weighted by molar-refractivity contribution is 5.83. The number of benzene rings is 2. The Hall–Kier alpha value is -4.45. The van der Waals surface area contributed by atoms with E-state index >= 15 is 0 Å². The summed E-state index contributed by atoms with van der Waals surface area (Å²) in [5.41, 5.74) is 6.25. The number of carbonyl (C=O) groups is 1. The van der Waals surface area contributed by atoms with Crippen molar-refractivity contribution in [2.24, 2.45) is 0 Å². The standard InChI is InChI=1S/C30H29N5O/c36-30(34-20-26-16-25-19-31-15-13-28(25)35-26)18-24-17-29(32-14-7-10-22-8-3-1-4-9-22)33-21-27(24)23-11-5-2-6-12-23/h1-6,8-9,11-13,15-17,19,21,35H,7,10,14,18,20H2,(H,32,33)(H,34,36). The second-order valence-electron chi connectivity index (χ2n) is 8.82. The fourth-order valence-electron chi connectivity index (χ4n) is 4.33. The Morgan fingerprint density at radius 3 is 2.53 bits per heavy atom. The minimum absolute atomic E-state index is 0.0369. The van der Waals surface area contributed by atoms with Gasteiger partial charge in [-0.3, -0.25) is 9.78 Å². The quantitative estimate of drug-likeness (QED) is 0.232. The van der Waals surface area contributed by atoms with Gasteiger partial charge in [-0.25, -0.2) is 4.98 Å². The predicted octanol–water partition coefficient (Wildman–Crippen LogP) is 5.53. The molecule has 0 aliphatic rings. The van der Waals surface area contributed by atoms with E-state index in [1.165, 1.54) is 5.56 Å². The van der Waals surface area contributed by atoms with E-state index in [0.717, 1.165) is 58.5 Å². The highest BCUT2D eigenvalue weighted by Crippen LogP contribution is 2.25. The zero-order chi connectivity index (χ0) is 24.6. The molecule has 3 N–H and O–H groups in total. The molecule has 36 heavy (non-hydrogen) atoms. The van der Waals surface area contributed by atoms with E-state index in [1.807, 2.05) is 67.0 Å². The van der Waals surface area contributed by atoms with E-state index in [2.05, 4.69) is 49.9 Å². The zero-order valence-electron chi connectivity index (χ0n) is 20.1. The monoisotopic (exact) mass is 475 g/mol. The Balaban J connectivity index is 1.25. The fraction of sp³-hybridized carbons (Fsp3) is 0.167. The Morgan fingerprint density at radius 1 is 0.917 bits per heavy atom. The van der Waals surface area contributed by atoms with Crippen LogP contribution in [0.1, 0.15) is 23.2 Å². The molecule has 5 aromatic rings. The molecule has 3 heterocycles. The highest BCUT2D eigenvalue weighted by atomic mass is 16.1. The third kappa shape index (κ3) is 5.96. The summed E-state index contributed by atoms with van der Waals surface area (Å²) >= 11 is 0. The molecule has 0 saturated heterocycles. The van der Waals surface area contributed by atoms with E-state index in [-0.39, 0.29) is 12.3 Å². The number of H-pyrrole nitrogens is 1. The van der Waals surface area contributed by atoms with Crippen LogP contribution in [0.5, 0.6) is 0 Å². The van der Waals surface area contributed by atoms with Crippen molar-refractivity contribution in [3.8, 4) is 11.1 Å². The zero-order valence-corrected chi connectivity index (χ0v) is 20.1. The van der Waals surface area contributed by atoms with Gasteiger partial charge in [0.05, 0.1) is 13.0 Å². The van der Waals surface area contributed by atoms with Crippen molar-refractivity contribution in [3.63, 3.8) is 0 Å². The Morgan fingerprint density at radius 2 is 1.72 bits per heavy atom. The van der Waals surface area contributed by atoms with Crippen LogP contribution < -0.4 is 10.6 Å². The number of pyridine rings is 2. The van der Waals surface area contributed by atoms with Crippen molar-refractivity contribution >= 4 is 22.6 Å². The van der Waals surface area contributed by atoms with Crippen LogP contribution in [0.3, 0.4) is 0 Å². The number of hydrogen-bond donors (Lipinski definition) is 3. The number of carbonyl (C=O) groups excluding carboxylic acids is 1. The predicted molar refractivity (Wildman–Crippen MR) is 145 cm³/mol. The molecular formula is C30H29N5O. The van der Waals surface area contributed by atoms with Gasteiger partial charge in [0.25, 0.3) is 0 Å². The van der Waals surface area contributed by atoms with Crippen LogP contribution in [0, 0.1) is 0 Å². The Labute approximate surface area is 210 Å². The molecule has 0 radical (unpaired) electrons. The first kappa shape index (κ1) is 23.3. The van der Waals surface area contributed by atoms with Gasteiger partial charge in [0.2, 0.25) is 5.91 Å². The summed E-state index contributed by atoms with van der Waals surface area (Å²) in [5, 5.41) is 7.50. The lowest BCUT2D eigenvalue weighted by molar-refractivity contribution is -0.120. The topological polar surface area (TPSA) is 82.7 Å². The molecule has 2 aromatic carbocycles. The number of aromatic amines is 1. The molecular weight excluding hydrogens is 446 g/mol. The molecule has 0 bridgehead atoms. The van der Waals surface area contributed by atoms with E-state index in [1.54, 1.807) is 6.20 Å². The minimum Gasteiger partial charge on any atom is -0.370 e. The first-order valence-corrected chi connectivity index (χ1v) is 12.2. The van der Waals surface area contributed by atoms with Gasteiger partial charge in [-0.1, -0.05) is 60.7 Å². The number of nitrogens with zero attached hydrogens (tertiary/aromatic N) is 2. The van der Waals surface area contributed by atoms with Gasteiger partial charge in [0.1, 0.15) is 5.82 Å². The number of fused-ring (bicyclic) bond motifs is 1. The maximum Gasteiger partial charge on any atom is 0.224 e. The van der Waals surface area contributed by atoms with Gasteiger partial charge in [0, 0.05) is 47.3 Å². The van der Waals surface area contributed by atoms with E-state index in [4.69, 9.17) is 0 Å². The molecule has 6 heteroatoms. The molecule has 3 aromatic heterocycles. The molecule has 0 saturated carbocycles. The number of anilines is 1. The first-order chi connectivity index (χ1) is 17.7. The lowest BCUT2D eigenvalue weighted by Crippen LogP contribution is -2.25. The second kappa shape index (κ2) is 11.3. The minimum atomic E-state index is -0.0369. The number of hydrogen-bond acceptors (Lipinski definition) is 4. The maximum atomic E-state index is 12.9. The van der Waals surface area contributed by atoms with Crippen LogP contribution >= 0.6 is 0 Å². The van der Waals surface area contributed by atoms with Crippen molar-refractivity contribution in [1.29, 1.82) is 0 Å². The molecule has 5 rings (SSSR count). The number of rotatable bonds is 10. The number of aromatic nitrogens is 3. The summed E-state index contributed by atoms with van der Waals surface area (Å²) in [6.45, 7) is 1.25. The first-order valence-electron chi connectivity index (χ1n) is 12.2. The van der Waals surface area contributed by atoms with Gasteiger partial charge in [-0.15, -0.1) is 0 Å². The van der Waals surface area contributed by atoms with Gasteiger partial charge in [-0.05, 0) is 47.7 Å². The van der Waals surface area contributed by atoms with Crippen LogP contribution in [0.15, 0.2) is 97.5 Å². The molecule has 0 aliphatic heterocycles. The number of amides is 1. The molecule has 0 unspecified atom stereocenters. The van der Waals surface area contributed by atoms with Gasteiger partial charge in [0.15, 0.2) is 0 Å². The van der Waals surface area contributed by atoms with Gasteiger partial charge >= 0.3 is 0 Å². The fourth-order valence-corrected chi connectivity index (χ4v) is 4.33. The normalized spacial score (nSPS) is 10.9. The van der Waals surface area contributed by atoms with E-state index < -0.39 is 0 Å². The molecule has 180 valence electrons. The van der Waals surface area contributed by atoms with Gasteiger partial charge in [-0.2, -0.15) is 0 Å². The van der Waals surface area contributed by atoms with Crippen LogP contribution in [0.2, 0.25) is 0 Å². The SMILES string of the molecule is O=C(Cc1cc(NCCCc2ccccc2)ncc1-c1ccccc1)NCc1cc2cnccc2[nH]1. The third-order valence-corrected chi connectivity index (χ3v) is 6.17. The van der Waals surface area contributed by atoms with Gasteiger partial charge < -0.3 is 15.6 Å². The lowest BCUT2D eigenvalue weighted by atomic mass is 9.99. The Kier molecular flexibility index (Phi) is 7.32. The molecule has 1 amide bonds. The van der Waals surface area contributed by atoms with Crippen molar-refractivity contribution in [2.45, 2.75) is 25.8 Å². The van der Waals surface area contributed by atoms with Crippen molar-refractivity contribution in [3.05, 3.63) is 114 Å². The summed E-state index contributed by atoms with van der Waals surface area (Å²) in [6.07, 6.45) is 7.71. The summed E-state index contributed by atoms with van der Waals surface area (Å²) in [7, 11) is 0. The van der Waals surface area contributed by atoms with Crippen LogP contribution in [0.4, 0.5) is 5.82 Å². The molecule has 0 atom stereocenters. The highest BCUT2D eigenvalue weighted by Gasteiger charge is 2.12. The summed E-state index contributed by atoms with van der Waals surface area (Å²) in [6, 6.07) is 26.5. The molecule has 0 aliphatic carbocycles. The van der Waals surface area contributed by atoms with Crippen LogP contribution in [-0.2, 0) is 24.2 Å². The maximum absolute atomic E-state index is 12.9. The van der Waals surface area contributed by atoms with E-state index in [0.29, 0.717) is 6.54 Å². The summed E-state index contributed by atoms with van der Waals surface area (Å²) in [4.78, 5) is 25.0. The number of nitrogens with one attached hydrogen (secondary N) is 3. The van der Waals surface area contributed by atoms with Crippen molar-refractivity contribution < 1.29 is 4.79 Å². The molecule has 0 spiro atoms. The summed E-state index contributed by atoms with van der Waals surface area (Å²) < 4.78 is 0. The smallest absolute Gasteiger partial charge is 0.224 e. The summed E-state index contributed by atoms with van der Waals surface area (Å²) in [5.74, 6) is 0.749. The third-order valence-electron chi connectivity index (χ3n) is 6.17. The second-order valence-corrected chi connectivity index (χ2v) is 8.82. The van der Waals surface area contributed by atoms with Crippen molar-refractivity contribution in [2.75, 3.05) is 11.9 Å². The molecule has 0 fully saturated rings. The molecule has 6 nitrogen and oxygen atoms in total.